The summed E-state index contributed by atoms with van der Waals surface area (Å²) in [6, 6.07) is 5.06. The van der Waals surface area contributed by atoms with E-state index in [9.17, 15) is 24.1 Å². The number of hydrogen-bond donors (Lipinski definition) is 1. The number of halogens is 2. The van der Waals surface area contributed by atoms with Gasteiger partial charge in [-0.05, 0) is 32.0 Å². The molecule has 0 aliphatic carbocycles. The van der Waals surface area contributed by atoms with Crippen molar-refractivity contribution in [3.8, 4) is 12.1 Å². The zero-order valence-corrected chi connectivity index (χ0v) is 19.1. The first-order valence-electron chi connectivity index (χ1n) is 10.4. The highest BCUT2D eigenvalue weighted by Crippen LogP contribution is 2.40. The summed E-state index contributed by atoms with van der Waals surface area (Å²) < 4.78 is 28.1. The van der Waals surface area contributed by atoms with E-state index in [4.69, 9.17) is 5.73 Å². The third kappa shape index (κ3) is 5.21. The lowest BCUT2D eigenvalue weighted by Gasteiger charge is -2.25. The van der Waals surface area contributed by atoms with Gasteiger partial charge >= 0.3 is 0 Å². The number of nitrogens with zero attached hydrogens (tertiary/aromatic N) is 6. The number of aromatic nitrogens is 2. The molecule has 3 heterocycles. The molecule has 2 aromatic heterocycles. The zero-order valence-electron chi connectivity index (χ0n) is 18.3. The van der Waals surface area contributed by atoms with Gasteiger partial charge in [-0.2, -0.15) is 14.9 Å². The molecule has 0 radical (unpaired) electrons. The molecule has 1 unspecified atom stereocenters. The van der Waals surface area contributed by atoms with E-state index < -0.39 is 22.9 Å². The molecule has 0 saturated carbocycles. The van der Waals surface area contributed by atoms with E-state index in [2.05, 4.69) is 27.0 Å². The number of rotatable bonds is 6. The second kappa shape index (κ2) is 10.6. The van der Waals surface area contributed by atoms with Gasteiger partial charge in [0.2, 0.25) is 11.9 Å². The van der Waals surface area contributed by atoms with Crippen molar-refractivity contribution < 1.29 is 13.6 Å². The quantitative estimate of drug-likeness (QED) is 0.504. The van der Waals surface area contributed by atoms with Crippen LogP contribution in [-0.2, 0) is 11.2 Å². The first-order chi connectivity index (χ1) is 15.8. The molecular weight excluding hydrogens is 448 g/mol. The molecule has 11 heteroatoms. The molecular formula is C22H23F2N7OS. The molecule has 1 atom stereocenters. The van der Waals surface area contributed by atoms with Crippen LogP contribution in [0, 0.1) is 34.4 Å². The highest BCUT2D eigenvalue weighted by atomic mass is 32.2. The molecule has 1 aliphatic rings. The number of amides is 1. The maximum Gasteiger partial charge on any atom is 0.235 e. The highest BCUT2D eigenvalue weighted by Gasteiger charge is 2.29. The Morgan fingerprint density at radius 2 is 1.97 bits per heavy atom. The van der Waals surface area contributed by atoms with Crippen molar-refractivity contribution in [1.29, 1.82) is 10.5 Å². The van der Waals surface area contributed by atoms with Gasteiger partial charge in [0.25, 0.3) is 0 Å². The van der Waals surface area contributed by atoms with Gasteiger partial charge in [0.15, 0.2) is 0 Å². The monoisotopic (exact) mass is 471 g/mol. The Bertz CT molecular complexity index is 1150. The van der Waals surface area contributed by atoms with Crippen molar-refractivity contribution in [1.82, 2.24) is 14.9 Å². The fourth-order valence-electron chi connectivity index (χ4n) is 3.77. The molecule has 0 aromatic carbocycles. The second-order valence-electron chi connectivity index (χ2n) is 7.62. The van der Waals surface area contributed by atoms with Crippen LogP contribution in [0.2, 0.25) is 0 Å². The molecule has 0 spiro atoms. The number of carbonyl (C=O) groups is 1. The maximum atomic E-state index is 14.4. The lowest BCUT2D eigenvalue weighted by Crippen LogP contribution is -2.30. The predicted octanol–water partition coefficient (Wildman–Crippen LogP) is 2.52. The molecule has 1 fully saturated rings. The van der Waals surface area contributed by atoms with Crippen LogP contribution in [0.15, 0.2) is 17.3 Å². The molecule has 33 heavy (non-hydrogen) atoms. The standard InChI is InChI=1S/C22H23F2N7OS/c1-3-13-15(10-25)21(31-6-4-5-30(2)7-8-31)29-22(16(13)11-26)33-19(20(27)32)14-9-18(24)28-12-17(14)23/h9,12,19H,3-8H2,1-2H3,(H2,27,32). The van der Waals surface area contributed by atoms with Crippen molar-refractivity contribution in [2.75, 3.05) is 38.1 Å². The van der Waals surface area contributed by atoms with Crippen LogP contribution in [0.25, 0.3) is 0 Å². The van der Waals surface area contributed by atoms with Crippen LogP contribution >= 0.6 is 11.8 Å². The van der Waals surface area contributed by atoms with Crippen LogP contribution < -0.4 is 10.6 Å². The normalized spacial score (nSPS) is 15.4. The number of thioether (sulfide) groups is 1. The summed E-state index contributed by atoms with van der Waals surface area (Å²) in [5, 5.41) is 18.5. The maximum absolute atomic E-state index is 14.4. The molecule has 2 aromatic rings. The van der Waals surface area contributed by atoms with Crippen LogP contribution in [0.4, 0.5) is 14.6 Å². The molecule has 1 aliphatic heterocycles. The topological polar surface area (TPSA) is 123 Å². The largest absolute Gasteiger partial charge is 0.368 e. The van der Waals surface area contributed by atoms with Gasteiger partial charge < -0.3 is 15.5 Å². The van der Waals surface area contributed by atoms with E-state index in [1.807, 2.05) is 18.9 Å². The van der Waals surface area contributed by atoms with Crippen molar-refractivity contribution in [2.45, 2.75) is 30.0 Å². The Labute approximate surface area is 195 Å². The van der Waals surface area contributed by atoms with Gasteiger partial charge in [-0.25, -0.2) is 14.4 Å². The summed E-state index contributed by atoms with van der Waals surface area (Å²) in [6.07, 6.45) is 1.91. The third-order valence-corrected chi connectivity index (χ3v) is 6.71. The van der Waals surface area contributed by atoms with E-state index in [0.717, 1.165) is 37.3 Å². The van der Waals surface area contributed by atoms with Gasteiger partial charge in [0.05, 0.1) is 17.3 Å². The zero-order chi connectivity index (χ0) is 24.1. The Hall–Kier alpha value is -3.28. The van der Waals surface area contributed by atoms with Gasteiger partial charge in [-0.3, -0.25) is 4.79 Å². The van der Waals surface area contributed by atoms with Gasteiger partial charge in [0.1, 0.15) is 34.0 Å². The van der Waals surface area contributed by atoms with E-state index in [0.29, 0.717) is 42.7 Å². The van der Waals surface area contributed by atoms with E-state index in [1.165, 1.54) is 0 Å². The Morgan fingerprint density at radius 3 is 2.61 bits per heavy atom. The second-order valence-corrected chi connectivity index (χ2v) is 8.71. The molecule has 172 valence electrons. The molecule has 3 rings (SSSR count). The van der Waals surface area contributed by atoms with Crippen molar-refractivity contribution in [3.05, 3.63) is 46.3 Å². The van der Waals surface area contributed by atoms with E-state index in [1.54, 1.807) is 0 Å². The van der Waals surface area contributed by atoms with Crippen LogP contribution in [-0.4, -0.2) is 54.0 Å². The summed E-state index contributed by atoms with van der Waals surface area (Å²) >= 11 is 0.768. The molecule has 0 bridgehead atoms. The number of hydrogen-bond acceptors (Lipinski definition) is 8. The third-order valence-electron chi connectivity index (χ3n) is 5.47. The van der Waals surface area contributed by atoms with E-state index >= 15 is 0 Å². The average molecular weight is 472 g/mol. The lowest BCUT2D eigenvalue weighted by molar-refractivity contribution is -0.117. The first kappa shape index (κ1) is 24.4. The summed E-state index contributed by atoms with van der Waals surface area (Å²) in [5.41, 5.74) is 6.16. The fourth-order valence-corrected chi connectivity index (χ4v) is 4.84. The number of anilines is 1. The Morgan fingerprint density at radius 1 is 1.24 bits per heavy atom. The number of primary amides is 1. The summed E-state index contributed by atoms with van der Waals surface area (Å²) in [6.45, 7) is 4.76. The lowest BCUT2D eigenvalue weighted by atomic mass is 10.0. The summed E-state index contributed by atoms with van der Waals surface area (Å²) in [4.78, 5) is 24.2. The number of pyridine rings is 2. The number of carbonyl (C=O) groups excluding carboxylic acids is 1. The minimum Gasteiger partial charge on any atom is -0.368 e. The van der Waals surface area contributed by atoms with Crippen molar-refractivity contribution in [3.63, 3.8) is 0 Å². The number of nitrogens with two attached hydrogens (primary N) is 1. The molecule has 1 saturated heterocycles. The molecule has 2 N–H and O–H groups in total. The van der Waals surface area contributed by atoms with Crippen molar-refractivity contribution in [2.24, 2.45) is 5.73 Å². The van der Waals surface area contributed by atoms with E-state index in [-0.39, 0.29) is 16.2 Å². The summed E-state index contributed by atoms with van der Waals surface area (Å²) in [5.74, 6) is -2.37. The molecule has 1 amide bonds. The van der Waals surface area contributed by atoms with Crippen molar-refractivity contribution >= 4 is 23.5 Å². The minimum absolute atomic E-state index is 0.121. The van der Waals surface area contributed by atoms with Crippen LogP contribution in [0.5, 0.6) is 0 Å². The van der Waals surface area contributed by atoms with Gasteiger partial charge in [-0.15, -0.1) is 0 Å². The average Bonchev–Trinajstić information content (AvgIpc) is 3.02. The van der Waals surface area contributed by atoms with Crippen LogP contribution in [0.1, 0.15) is 40.8 Å². The number of likely N-dealkylation sites (N-methyl/N-ethyl adjacent to an activating group) is 1. The molecule has 8 nitrogen and oxygen atoms in total. The smallest absolute Gasteiger partial charge is 0.235 e. The first-order valence-corrected chi connectivity index (χ1v) is 11.3. The fraction of sp³-hybridized carbons (Fsp3) is 0.409. The SMILES string of the molecule is CCc1c(C#N)c(SC(C(N)=O)c2cc(F)ncc2F)nc(N2CCCN(C)CC2)c1C#N. The Kier molecular flexibility index (Phi) is 7.79. The highest BCUT2D eigenvalue weighted by molar-refractivity contribution is 8.00. The number of nitriles is 2. The minimum atomic E-state index is -1.34. The Balaban J connectivity index is 2.15. The van der Waals surface area contributed by atoms with Gasteiger partial charge in [0, 0.05) is 31.3 Å². The van der Waals surface area contributed by atoms with Gasteiger partial charge in [-0.1, -0.05) is 18.7 Å². The van der Waals surface area contributed by atoms with Crippen LogP contribution in [0.3, 0.4) is 0 Å². The summed E-state index contributed by atoms with van der Waals surface area (Å²) in [7, 11) is 2.01. The predicted molar refractivity (Wildman–Crippen MR) is 119 cm³/mol.